The lowest BCUT2D eigenvalue weighted by Crippen LogP contribution is -2.51. The lowest BCUT2D eigenvalue weighted by atomic mass is 9.82. The molecule has 5 heteroatoms. The molecular formula is C13H16FNO2S. The maximum atomic E-state index is 12.8. The molecule has 0 bridgehead atoms. The highest BCUT2D eigenvalue weighted by Crippen LogP contribution is 2.37. The summed E-state index contributed by atoms with van der Waals surface area (Å²) in [5.74, 6) is -1.19. The van der Waals surface area contributed by atoms with Gasteiger partial charge in [0.25, 0.3) is 0 Å². The summed E-state index contributed by atoms with van der Waals surface area (Å²) in [6.07, 6.45) is 2.77. The van der Waals surface area contributed by atoms with Gasteiger partial charge in [0.1, 0.15) is 11.4 Å². The van der Waals surface area contributed by atoms with E-state index in [9.17, 15) is 9.18 Å². The Balaban J connectivity index is 2.02. The van der Waals surface area contributed by atoms with Gasteiger partial charge in [-0.25, -0.2) is 4.39 Å². The van der Waals surface area contributed by atoms with Gasteiger partial charge in [-0.15, -0.1) is 11.8 Å². The van der Waals surface area contributed by atoms with E-state index in [0.29, 0.717) is 12.8 Å². The monoisotopic (exact) mass is 269 g/mol. The zero-order valence-electron chi connectivity index (χ0n) is 9.93. The average Bonchev–Trinajstić information content (AvgIpc) is 2.32. The van der Waals surface area contributed by atoms with Crippen LogP contribution in [0.3, 0.4) is 0 Å². The molecule has 2 atom stereocenters. The molecule has 1 saturated carbocycles. The molecule has 2 unspecified atom stereocenters. The van der Waals surface area contributed by atoms with E-state index >= 15 is 0 Å². The number of benzene rings is 1. The third-order valence-corrected chi connectivity index (χ3v) is 4.56. The zero-order chi connectivity index (χ0) is 13.2. The summed E-state index contributed by atoms with van der Waals surface area (Å²) in [6, 6.07) is 6.26. The molecule has 1 aliphatic rings. The summed E-state index contributed by atoms with van der Waals surface area (Å²) in [7, 11) is 0. The van der Waals surface area contributed by atoms with Crippen molar-refractivity contribution in [3.63, 3.8) is 0 Å². The van der Waals surface area contributed by atoms with Crippen molar-refractivity contribution < 1.29 is 14.3 Å². The molecule has 98 valence electrons. The summed E-state index contributed by atoms with van der Waals surface area (Å²) in [6.45, 7) is 0. The lowest BCUT2D eigenvalue weighted by Gasteiger charge is -2.34. The highest BCUT2D eigenvalue weighted by atomic mass is 32.2. The molecule has 0 amide bonds. The van der Waals surface area contributed by atoms with Crippen molar-refractivity contribution in [3.05, 3.63) is 30.1 Å². The van der Waals surface area contributed by atoms with E-state index < -0.39 is 11.5 Å². The maximum absolute atomic E-state index is 12.8. The van der Waals surface area contributed by atoms with Crippen LogP contribution in [0.15, 0.2) is 29.2 Å². The van der Waals surface area contributed by atoms with Crippen molar-refractivity contribution in [2.45, 2.75) is 41.4 Å². The molecule has 0 radical (unpaired) electrons. The van der Waals surface area contributed by atoms with Gasteiger partial charge in [0, 0.05) is 10.1 Å². The second kappa shape index (κ2) is 5.28. The van der Waals surface area contributed by atoms with Crippen LogP contribution in [0.5, 0.6) is 0 Å². The quantitative estimate of drug-likeness (QED) is 0.885. The van der Waals surface area contributed by atoms with Gasteiger partial charge in [-0.1, -0.05) is 0 Å². The molecule has 18 heavy (non-hydrogen) atoms. The second-order valence-electron chi connectivity index (χ2n) is 4.75. The standard InChI is InChI=1S/C13H16FNO2S/c14-9-3-5-10(6-4-9)18-11-2-1-7-13(15,8-11)12(16)17/h3-6,11H,1-2,7-8,15H2,(H,16,17). The SMILES string of the molecule is NC1(C(=O)O)CCCC(Sc2ccc(F)cc2)C1. The van der Waals surface area contributed by atoms with E-state index in [0.717, 1.165) is 17.7 Å². The average molecular weight is 269 g/mol. The van der Waals surface area contributed by atoms with Crippen LogP contribution in [0.25, 0.3) is 0 Å². The number of aliphatic carboxylic acids is 1. The molecule has 1 aromatic carbocycles. The van der Waals surface area contributed by atoms with Crippen molar-refractivity contribution in [1.82, 2.24) is 0 Å². The number of nitrogens with two attached hydrogens (primary N) is 1. The third kappa shape index (κ3) is 3.03. The molecule has 1 aromatic rings. The summed E-state index contributed by atoms with van der Waals surface area (Å²) in [4.78, 5) is 12.1. The van der Waals surface area contributed by atoms with Crippen LogP contribution in [0.4, 0.5) is 4.39 Å². The second-order valence-corrected chi connectivity index (χ2v) is 6.13. The largest absolute Gasteiger partial charge is 0.480 e. The first-order valence-electron chi connectivity index (χ1n) is 5.94. The van der Waals surface area contributed by atoms with Crippen molar-refractivity contribution in [2.24, 2.45) is 5.73 Å². The Kier molecular flexibility index (Phi) is 3.92. The van der Waals surface area contributed by atoms with Gasteiger partial charge in [-0.05, 0) is 49.9 Å². The number of thioether (sulfide) groups is 1. The third-order valence-electron chi connectivity index (χ3n) is 3.28. The van der Waals surface area contributed by atoms with E-state index in [1.165, 1.54) is 12.1 Å². The number of hydrogen-bond donors (Lipinski definition) is 2. The van der Waals surface area contributed by atoms with Crippen LogP contribution in [-0.2, 0) is 4.79 Å². The Morgan fingerprint density at radius 2 is 2.11 bits per heavy atom. The summed E-state index contributed by atoms with van der Waals surface area (Å²) >= 11 is 1.58. The minimum Gasteiger partial charge on any atom is -0.480 e. The van der Waals surface area contributed by atoms with Gasteiger partial charge in [-0.2, -0.15) is 0 Å². The Bertz CT molecular complexity index is 437. The van der Waals surface area contributed by atoms with Gasteiger partial charge < -0.3 is 10.8 Å². The highest BCUT2D eigenvalue weighted by Gasteiger charge is 2.39. The molecule has 0 spiro atoms. The molecule has 3 nitrogen and oxygen atoms in total. The molecular weight excluding hydrogens is 253 g/mol. The highest BCUT2D eigenvalue weighted by molar-refractivity contribution is 8.00. The predicted molar refractivity (Wildman–Crippen MR) is 69.1 cm³/mol. The first-order valence-corrected chi connectivity index (χ1v) is 6.82. The number of rotatable bonds is 3. The van der Waals surface area contributed by atoms with Gasteiger partial charge in [0.05, 0.1) is 0 Å². The molecule has 0 saturated heterocycles. The van der Waals surface area contributed by atoms with Crippen molar-refractivity contribution in [1.29, 1.82) is 0 Å². The molecule has 0 heterocycles. The van der Waals surface area contributed by atoms with E-state index in [4.69, 9.17) is 10.8 Å². The molecule has 3 N–H and O–H groups in total. The minimum atomic E-state index is -1.10. The van der Waals surface area contributed by atoms with E-state index in [1.54, 1.807) is 23.9 Å². The van der Waals surface area contributed by atoms with Crippen LogP contribution in [0, 0.1) is 5.82 Å². The Morgan fingerprint density at radius 3 is 2.72 bits per heavy atom. The Hall–Kier alpha value is -1.07. The maximum Gasteiger partial charge on any atom is 0.323 e. The smallest absolute Gasteiger partial charge is 0.323 e. The first kappa shape index (κ1) is 13.4. The van der Waals surface area contributed by atoms with E-state index in [1.807, 2.05) is 0 Å². The molecule has 2 rings (SSSR count). The fourth-order valence-electron chi connectivity index (χ4n) is 2.26. The van der Waals surface area contributed by atoms with Crippen LogP contribution < -0.4 is 5.73 Å². The predicted octanol–water partition coefficient (Wildman–Crippen LogP) is 2.64. The van der Waals surface area contributed by atoms with Gasteiger partial charge in [-0.3, -0.25) is 4.79 Å². The van der Waals surface area contributed by atoms with E-state index in [-0.39, 0.29) is 11.1 Å². The topological polar surface area (TPSA) is 63.3 Å². The number of hydrogen-bond acceptors (Lipinski definition) is 3. The minimum absolute atomic E-state index is 0.185. The molecule has 1 aliphatic carbocycles. The Morgan fingerprint density at radius 1 is 1.44 bits per heavy atom. The zero-order valence-corrected chi connectivity index (χ0v) is 10.8. The summed E-state index contributed by atoms with van der Waals surface area (Å²) in [5.41, 5.74) is 4.80. The number of halogens is 1. The van der Waals surface area contributed by atoms with Crippen molar-refractivity contribution in [3.8, 4) is 0 Å². The Labute approximate surface area is 110 Å². The molecule has 0 aromatic heterocycles. The lowest BCUT2D eigenvalue weighted by molar-refractivity contribution is -0.144. The van der Waals surface area contributed by atoms with Crippen LogP contribution >= 0.6 is 11.8 Å². The fourth-order valence-corrected chi connectivity index (χ4v) is 3.60. The van der Waals surface area contributed by atoms with Gasteiger partial charge in [0.2, 0.25) is 0 Å². The van der Waals surface area contributed by atoms with E-state index in [2.05, 4.69) is 0 Å². The van der Waals surface area contributed by atoms with Gasteiger partial charge >= 0.3 is 5.97 Å². The summed E-state index contributed by atoms with van der Waals surface area (Å²) in [5, 5.41) is 9.32. The number of carboxylic acid groups (broad SMARTS) is 1. The normalized spacial score (nSPS) is 28.0. The number of carbonyl (C=O) groups is 1. The summed E-state index contributed by atoms with van der Waals surface area (Å²) < 4.78 is 12.8. The van der Waals surface area contributed by atoms with Crippen LogP contribution in [0.2, 0.25) is 0 Å². The van der Waals surface area contributed by atoms with Crippen molar-refractivity contribution in [2.75, 3.05) is 0 Å². The molecule has 1 fully saturated rings. The van der Waals surface area contributed by atoms with Gasteiger partial charge in [0.15, 0.2) is 0 Å². The fraction of sp³-hybridized carbons (Fsp3) is 0.462. The van der Waals surface area contributed by atoms with Crippen LogP contribution in [0.1, 0.15) is 25.7 Å². The number of carboxylic acids is 1. The van der Waals surface area contributed by atoms with Crippen LogP contribution in [-0.4, -0.2) is 21.9 Å². The van der Waals surface area contributed by atoms with Crippen molar-refractivity contribution >= 4 is 17.7 Å². The molecule has 0 aliphatic heterocycles. The first-order chi connectivity index (χ1) is 8.49.